The van der Waals surface area contributed by atoms with Crippen LogP contribution in [0.15, 0.2) is 53.4 Å². The number of aryl methyl sites for hydroxylation is 1. The van der Waals surface area contributed by atoms with Crippen molar-refractivity contribution in [1.29, 1.82) is 0 Å². The van der Waals surface area contributed by atoms with Crippen molar-refractivity contribution in [3.8, 4) is 5.75 Å². The van der Waals surface area contributed by atoms with Crippen molar-refractivity contribution in [1.82, 2.24) is 0 Å². The zero-order valence-electron chi connectivity index (χ0n) is 18.9. The van der Waals surface area contributed by atoms with E-state index in [4.69, 9.17) is 46.4 Å². The molecule has 0 bridgehead atoms. The summed E-state index contributed by atoms with van der Waals surface area (Å²) in [4.78, 5) is 25.6. The van der Waals surface area contributed by atoms with Crippen molar-refractivity contribution in [2.24, 2.45) is 0 Å². The first kappa shape index (κ1) is 28.1. The molecule has 12 heteroatoms. The minimum Gasteiger partial charge on any atom is -0.506 e. The number of amides is 2. The van der Waals surface area contributed by atoms with E-state index in [1.165, 1.54) is 30.3 Å². The lowest BCUT2D eigenvalue weighted by Gasteiger charge is -2.18. The molecule has 0 heterocycles. The molecule has 3 aromatic rings. The zero-order valence-corrected chi connectivity index (χ0v) is 22.7. The highest BCUT2D eigenvalue weighted by molar-refractivity contribution is 7.92. The summed E-state index contributed by atoms with van der Waals surface area (Å²) in [5.74, 6) is -1.98. The van der Waals surface area contributed by atoms with E-state index in [0.29, 0.717) is 0 Å². The van der Waals surface area contributed by atoms with Crippen LogP contribution in [0.5, 0.6) is 5.75 Å². The fourth-order valence-electron chi connectivity index (χ4n) is 3.38. The second-order valence-electron chi connectivity index (χ2n) is 7.80. The second-order valence-corrected chi connectivity index (χ2v) is 11.6. The summed E-state index contributed by atoms with van der Waals surface area (Å²) >= 11 is 24.2. The number of benzene rings is 3. The summed E-state index contributed by atoms with van der Waals surface area (Å²) in [6, 6.07) is 11.2. The van der Waals surface area contributed by atoms with Crippen LogP contribution in [0.2, 0.25) is 20.1 Å². The molecule has 0 fully saturated rings. The number of hydrogen-bond donors (Lipinski definition) is 3. The number of phenolic OH excluding ortho intramolecular Hbond substituents is 1. The molecule has 0 aliphatic carbocycles. The van der Waals surface area contributed by atoms with Gasteiger partial charge in [-0.2, -0.15) is 0 Å². The van der Waals surface area contributed by atoms with E-state index < -0.39 is 32.7 Å². The first-order valence-corrected chi connectivity index (χ1v) is 13.5. The molecule has 36 heavy (non-hydrogen) atoms. The van der Waals surface area contributed by atoms with Crippen LogP contribution in [0, 0.1) is 6.92 Å². The summed E-state index contributed by atoms with van der Waals surface area (Å²) in [7, 11) is -3.99. The van der Waals surface area contributed by atoms with E-state index in [0.717, 1.165) is 11.6 Å². The third-order valence-electron chi connectivity index (χ3n) is 5.18. The molecule has 3 rings (SSSR count). The van der Waals surface area contributed by atoms with Crippen molar-refractivity contribution in [2.45, 2.75) is 30.4 Å². The molecule has 0 aliphatic rings. The van der Waals surface area contributed by atoms with E-state index >= 15 is 0 Å². The van der Waals surface area contributed by atoms with Gasteiger partial charge in [0.05, 0.1) is 36.9 Å². The molecule has 2 amide bonds. The predicted molar refractivity (Wildman–Crippen MR) is 144 cm³/mol. The van der Waals surface area contributed by atoms with Gasteiger partial charge in [0.15, 0.2) is 9.84 Å². The van der Waals surface area contributed by atoms with E-state index in [9.17, 15) is 23.1 Å². The van der Waals surface area contributed by atoms with Crippen LogP contribution in [0.25, 0.3) is 0 Å². The average molecular weight is 590 g/mol. The van der Waals surface area contributed by atoms with Crippen molar-refractivity contribution in [2.75, 3.05) is 10.6 Å². The van der Waals surface area contributed by atoms with E-state index in [1.54, 1.807) is 26.0 Å². The first-order valence-electron chi connectivity index (χ1n) is 10.4. The van der Waals surface area contributed by atoms with E-state index in [-0.39, 0.29) is 48.3 Å². The van der Waals surface area contributed by atoms with Gasteiger partial charge in [0.2, 0.25) is 5.91 Å². The number of nitrogens with one attached hydrogen (secondary N) is 2. The van der Waals surface area contributed by atoms with Crippen molar-refractivity contribution in [3.05, 3.63) is 79.7 Å². The predicted octanol–water partition coefficient (Wildman–Crippen LogP) is 6.76. The number of carbonyl (C=O) groups is 2. The van der Waals surface area contributed by atoms with Crippen LogP contribution in [0.4, 0.5) is 11.4 Å². The average Bonchev–Trinajstić information content (AvgIpc) is 2.79. The van der Waals surface area contributed by atoms with Gasteiger partial charge in [-0.3, -0.25) is 9.59 Å². The van der Waals surface area contributed by atoms with Gasteiger partial charge in [0.25, 0.3) is 5.91 Å². The number of carbonyl (C=O) groups excluding carboxylic acids is 2. The molecule has 3 N–H and O–H groups in total. The monoisotopic (exact) mass is 588 g/mol. The Hall–Kier alpha value is -2.49. The Morgan fingerprint density at radius 2 is 1.64 bits per heavy atom. The number of sulfone groups is 1. The fraction of sp³-hybridized carbons (Fsp3) is 0.167. The van der Waals surface area contributed by atoms with Crippen LogP contribution >= 0.6 is 46.4 Å². The maximum Gasteiger partial charge on any atom is 0.257 e. The number of phenols is 1. The Labute approximate surface area is 228 Å². The molecule has 0 saturated heterocycles. The Morgan fingerprint density at radius 3 is 2.28 bits per heavy atom. The number of hydrogen-bond acceptors (Lipinski definition) is 5. The summed E-state index contributed by atoms with van der Waals surface area (Å²) in [5, 5.41) is 14.1. The molecule has 7 nitrogen and oxygen atoms in total. The lowest BCUT2D eigenvalue weighted by Crippen LogP contribution is -2.34. The Bertz CT molecular complexity index is 1460. The number of rotatable bonds is 7. The summed E-state index contributed by atoms with van der Waals surface area (Å²) < 4.78 is 26.1. The van der Waals surface area contributed by atoms with Crippen molar-refractivity contribution in [3.63, 3.8) is 0 Å². The lowest BCUT2D eigenvalue weighted by atomic mass is 10.2. The largest absolute Gasteiger partial charge is 0.506 e. The number of aromatic hydroxyl groups is 1. The van der Waals surface area contributed by atoms with Gasteiger partial charge in [-0.1, -0.05) is 65.5 Å². The highest BCUT2D eigenvalue weighted by Gasteiger charge is 2.33. The minimum atomic E-state index is -3.99. The Kier molecular flexibility index (Phi) is 8.80. The van der Waals surface area contributed by atoms with Crippen LogP contribution < -0.4 is 10.6 Å². The Balaban J connectivity index is 1.84. The van der Waals surface area contributed by atoms with Crippen molar-refractivity contribution < 1.29 is 23.1 Å². The van der Waals surface area contributed by atoms with E-state index in [2.05, 4.69) is 10.6 Å². The van der Waals surface area contributed by atoms with Gasteiger partial charge in [0.1, 0.15) is 11.0 Å². The quantitative estimate of drug-likeness (QED) is 0.208. The summed E-state index contributed by atoms with van der Waals surface area (Å²) in [6.07, 6.45) is 0.00278. The molecule has 1 unspecified atom stereocenters. The number of halogens is 4. The van der Waals surface area contributed by atoms with Crippen LogP contribution in [-0.4, -0.2) is 30.6 Å². The topological polar surface area (TPSA) is 113 Å². The van der Waals surface area contributed by atoms with E-state index in [1.807, 2.05) is 0 Å². The normalized spacial score (nSPS) is 12.2. The van der Waals surface area contributed by atoms with Gasteiger partial charge < -0.3 is 15.7 Å². The SMILES string of the molecule is CCC(C(=O)Nc1cc(O)c(NC(=O)c2cc(Cl)cc(Cl)c2Cl)cc1Cl)S(=O)(=O)c1cccc(C)c1. The molecular weight excluding hydrogens is 570 g/mol. The van der Waals surface area contributed by atoms with Gasteiger partial charge in [-0.15, -0.1) is 0 Å². The van der Waals surface area contributed by atoms with Gasteiger partial charge in [-0.25, -0.2) is 8.42 Å². The standard InChI is InChI=1S/C24H20Cl4N2O5S/c1-3-21(36(34,35)14-6-4-5-12(2)7-14)24(33)29-18-11-20(31)19(10-16(18)26)30-23(32)15-8-13(25)9-17(27)22(15)28/h4-11,21,31H,3H2,1-2H3,(H,29,33)(H,30,32). The molecule has 1 atom stereocenters. The second kappa shape index (κ2) is 11.3. The summed E-state index contributed by atoms with van der Waals surface area (Å²) in [5.41, 5.74) is 0.570. The lowest BCUT2D eigenvalue weighted by molar-refractivity contribution is -0.115. The van der Waals surface area contributed by atoms with Crippen molar-refractivity contribution >= 4 is 79.4 Å². The minimum absolute atomic E-state index is 0.00278. The highest BCUT2D eigenvalue weighted by Crippen LogP contribution is 2.36. The molecule has 0 spiro atoms. The molecule has 190 valence electrons. The zero-order chi connectivity index (χ0) is 26.8. The Morgan fingerprint density at radius 1 is 0.944 bits per heavy atom. The number of anilines is 2. The third-order valence-corrected chi connectivity index (χ3v) is 8.73. The fourth-order valence-corrected chi connectivity index (χ4v) is 6.01. The third kappa shape index (κ3) is 6.07. The highest BCUT2D eigenvalue weighted by atomic mass is 35.5. The molecule has 0 aromatic heterocycles. The molecular formula is C24H20Cl4N2O5S. The molecule has 0 saturated carbocycles. The summed E-state index contributed by atoms with van der Waals surface area (Å²) in [6.45, 7) is 3.32. The van der Waals surface area contributed by atoms with Crippen LogP contribution in [0.1, 0.15) is 29.3 Å². The first-order chi connectivity index (χ1) is 16.8. The van der Waals surface area contributed by atoms with Crippen LogP contribution in [-0.2, 0) is 14.6 Å². The van der Waals surface area contributed by atoms with Gasteiger partial charge in [0, 0.05) is 11.1 Å². The molecule has 3 aromatic carbocycles. The van der Waals surface area contributed by atoms with Gasteiger partial charge >= 0.3 is 0 Å². The smallest absolute Gasteiger partial charge is 0.257 e. The van der Waals surface area contributed by atoms with Crippen LogP contribution in [0.3, 0.4) is 0 Å². The van der Waals surface area contributed by atoms with Gasteiger partial charge in [-0.05, 0) is 49.2 Å². The maximum absolute atomic E-state index is 13.1. The maximum atomic E-state index is 13.1. The molecule has 0 radical (unpaired) electrons. The molecule has 0 aliphatic heterocycles.